The molecule has 0 saturated carbocycles. The fraction of sp³-hybridized carbons (Fsp3) is 0.750. The molecule has 0 aromatic heterocycles. The van der Waals surface area contributed by atoms with Crippen molar-refractivity contribution in [1.82, 2.24) is 10.2 Å². The molecule has 1 rings (SSSR count). The second-order valence-corrected chi connectivity index (χ2v) is 5.08. The molecular formula is C12H20N2O5. The second kappa shape index (κ2) is 6.01. The Morgan fingerprint density at radius 2 is 1.84 bits per heavy atom. The summed E-state index contributed by atoms with van der Waals surface area (Å²) in [7, 11) is 0. The summed E-state index contributed by atoms with van der Waals surface area (Å²) in [6.45, 7) is 3.36. The maximum atomic E-state index is 11.8. The zero-order valence-electron chi connectivity index (χ0n) is 11.2. The predicted molar refractivity (Wildman–Crippen MR) is 66.2 cm³/mol. The number of hydrogen-bond donors (Lipinski definition) is 3. The van der Waals surface area contributed by atoms with E-state index < -0.39 is 11.6 Å². The first-order valence-electron chi connectivity index (χ1n) is 6.23. The van der Waals surface area contributed by atoms with Gasteiger partial charge in [0.1, 0.15) is 0 Å². The summed E-state index contributed by atoms with van der Waals surface area (Å²) in [6, 6.07) is 0. The van der Waals surface area contributed by atoms with Crippen LogP contribution in [-0.4, -0.2) is 58.1 Å². The topological polar surface area (TPSA) is 107 Å². The van der Waals surface area contributed by atoms with Crippen molar-refractivity contribution in [2.45, 2.75) is 32.3 Å². The van der Waals surface area contributed by atoms with Crippen LogP contribution in [0, 0.1) is 5.92 Å². The molecule has 0 bridgehead atoms. The SMILES string of the molecule is CC(=O)N1CCC(C(=O)NCC(C)(O)C(=O)O)CC1. The van der Waals surface area contributed by atoms with E-state index in [0.29, 0.717) is 25.9 Å². The minimum Gasteiger partial charge on any atom is -0.479 e. The highest BCUT2D eigenvalue weighted by molar-refractivity contribution is 5.82. The third kappa shape index (κ3) is 4.20. The summed E-state index contributed by atoms with van der Waals surface area (Å²) < 4.78 is 0. The number of nitrogens with one attached hydrogen (secondary N) is 1. The van der Waals surface area contributed by atoms with E-state index in [4.69, 9.17) is 5.11 Å². The van der Waals surface area contributed by atoms with Crippen LogP contribution in [0.4, 0.5) is 0 Å². The maximum absolute atomic E-state index is 11.8. The summed E-state index contributed by atoms with van der Waals surface area (Å²) in [6.07, 6.45) is 1.11. The molecule has 0 aromatic rings. The molecule has 7 nitrogen and oxygen atoms in total. The number of hydrogen-bond acceptors (Lipinski definition) is 4. The van der Waals surface area contributed by atoms with Gasteiger partial charge in [-0.3, -0.25) is 9.59 Å². The van der Waals surface area contributed by atoms with E-state index in [9.17, 15) is 19.5 Å². The van der Waals surface area contributed by atoms with Gasteiger partial charge in [-0.05, 0) is 19.8 Å². The number of aliphatic hydroxyl groups is 1. The monoisotopic (exact) mass is 272 g/mol. The van der Waals surface area contributed by atoms with Gasteiger partial charge < -0.3 is 20.4 Å². The van der Waals surface area contributed by atoms with Crippen molar-refractivity contribution < 1.29 is 24.6 Å². The highest BCUT2D eigenvalue weighted by Gasteiger charge is 2.32. The van der Waals surface area contributed by atoms with Crippen molar-refractivity contribution in [3.8, 4) is 0 Å². The first kappa shape index (κ1) is 15.4. The summed E-state index contributed by atoms with van der Waals surface area (Å²) in [5, 5.41) is 20.6. The Balaban J connectivity index is 2.40. The molecule has 2 amide bonds. The van der Waals surface area contributed by atoms with Gasteiger partial charge in [-0.25, -0.2) is 4.79 Å². The van der Waals surface area contributed by atoms with E-state index in [1.54, 1.807) is 4.90 Å². The van der Waals surface area contributed by atoms with Crippen LogP contribution in [-0.2, 0) is 14.4 Å². The molecule has 0 spiro atoms. The Morgan fingerprint density at radius 3 is 2.26 bits per heavy atom. The van der Waals surface area contributed by atoms with Gasteiger partial charge in [0, 0.05) is 25.9 Å². The normalized spacial score (nSPS) is 19.6. The van der Waals surface area contributed by atoms with E-state index in [2.05, 4.69) is 5.32 Å². The summed E-state index contributed by atoms with van der Waals surface area (Å²) in [4.78, 5) is 35.3. The number of rotatable bonds is 4. The zero-order valence-corrected chi connectivity index (χ0v) is 11.2. The lowest BCUT2D eigenvalue weighted by atomic mass is 9.95. The number of carbonyl (C=O) groups is 3. The van der Waals surface area contributed by atoms with Crippen LogP contribution < -0.4 is 5.32 Å². The Bertz CT molecular complexity index is 372. The van der Waals surface area contributed by atoms with Crippen molar-refractivity contribution in [2.75, 3.05) is 19.6 Å². The average Bonchev–Trinajstić information content (AvgIpc) is 2.36. The van der Waals surface area contributed by atoms with E-state index in [1.807, 2.05) is 0 Å². The Hall–Kier alpha value is -1.63. The summed E-state index contributed by atoms with van der Waals surface area (Å²) >= 11 is 0. The van der Waals surface area contributed by atoms with Crippen LogP contribution in [0.5, 0.6) is 0 Å². The fourth-order valence-corrected chi connectivity index (χ4v) is 1.94. The van der Waals surface area contributed by atoms with E-state index >= 15 is 0 Å². The van der Waals surface area contributed by atoms with Gasteiger partial charge in [0.05, 0.1) is 6.54 Å². The van der Waals surface area contributed by atoms with Gasteiger partial charge in [0.25, 0.3) is 0 Å². The third-order valence-corrected chi connectivity index (χ3v) is 3.38. The van der Waals surface area contributed by atoms with Crippen molar-refractivity contribution >= 4 is 17.8 Å². The van der Waals surface area contributed by atoms with Gasteiger partial charge >= 0.3 is 5.97 Å². The molecule has 7 heteroatoms. The fourth-order valence-electron chi connectivity index (χ4n) is 1.94. The Morgan fingerprint density at radius 1 is 1.32 bits per heavy atom. The van der Waals surface area contributed by atoms with Gasteiger partial charge in [-0.1, -0.05) is 0 Å². The second-order valence-electron chi connectivity index (χ2n) is 5.08. The smallest absolute Gasteiger partial charge is 0.337 e. The molecule has 0 aromatic carbocycles. The van der Waals surface area contributed by atoms with Crippen molar-refractivity contribution in [2.24, 2.45) is 5.92 Å². The van der Waals surface area contributed by atoms with E-state index in [0.717, 1.165) is 6.92 Å². The predicted octanol–water partition coefficient (Wildman–Crippen LogP) is -0.803. The van der Waals surface area contributed by atoms with Gasteiger partial charge in [0.15, 0.2) is 5.60 Å². The quantitative estimate of drug-likeness (QED) is 0.621. The number of carbonyl (C=O) groups excluding carboxylic acids is 2. The molecule has 1 aliphatic heterocycles. The number of piperidine rings is 1. The van der Waals surface area contributed by atoms with Crippen LogP contribution in [0.25, 0.3) is 0 Å². The molecule has 0 aliphatic carbocycles. The number of nitrogens with zero attached hydrogens (tertiary/aromatic N) is 1. The Labute approximate surface area is 111 Å². The molecule has 108 valence electrons. The first-order valence-corrected chi connectivity index (χ1v) is 6.23. The van der Waals surface area contributed by atoms with E-state index in [1.165, 1.54) is 6.92 Å². The lowest BCUT2D eigenvalue weighted by molar-refractivity contribution is -0.156. The number of amides is 2. The van der Waals surface area contributed by atoms with Crippen LogP contribution in [0.2, 0.25) is 0 Å². The molecular weight excluding hydrogens is 252 g/mol. The molecule has 0 radical (unpaired) electrons. The van der Waals surface area contributed by atoms with Gasteiger partial charge in [-0.15, -0.1) is 0 Å². The molecule has 1 unspecified atom stereocenters. The molecule has 1 atom stereocenters. The van der Waals surface area contributed by atoms with Gasteiger partial charge in [0.2, 0.25) is 11.8 Å². The number of carboxylic acids is 1. The lowest BCUT2D eigenvalue weighted by Gasteiger charge is -2.31. The third-order valence-electron chi connectivity index (χ3n) is 3.38. The van der Waals surface area contributed by atoms with Crippen LogP contribution >= 0.6 is 0 Å². The number of carboxylic acid groups (broad SMARTS) is 1. The number of likely N-dealkylation sites (tertiary alicyclic amines) is 1. The molecule has 19 heavy (non-hydrogen) atoms. The highest BCUT2D eigenvalue weighted by atomic mass is 16.4. The highest BCUT2D eigenvalue weighted by Crippen LogP contribution is 2.17. The van der Waals surface area contributed by atoms with Crippen LogP contribution in [0.1, 0.15) is 26.7 Å². The van der Waals surface area contributed by atoms with Crippen molar-refractivity contribution in [1.29, 1.82) is 0 Å². The van der Waals surface area contributed by atoms with Gasteiger partial charge in [-0.2, -0.15) is 0 Å². The minimum atomic E-state index is -1.96. The minimum absolute atomic E-state index is 0.00679. The standard InChI is InChI=1S/C12H20N2O5/c1-8(15)14-5-3-9(4-6-14)10(16)13-7-12(2,19)11(17)18/h9,19H,3-7H2,1-2H3,(H,13,16)(H,17,18). The lowest BCUT2D eigenvalue weighted by Crippen LogP contribution is -2.49. The molecule has 1 fully saturated rings. The van der Waals surface area contributed by atoms with Crippen molar-refractivity contribution in [3.63, 3.8) is 0 Å². The molecule has 3 N–H and O–H groups in total. The van der Waals surface area contributed by atoms with Crippen LogP contribution in [0.15, 0.2) is 0 Å². The average molecular weight is 272 g/mol. The summed E-state index contributed by atoms with van der Waals surface area (Å²) in [5.74, 6) is -1.89. The first-order chi connectivity index (χ1) is 8.74. The zero-order chi connectivity index (χ0) is 14.6. The maximum Gasteiger partial charge on any atom is 0.337 e. The molecule has 1 heterocycles. The number of aliphatic carboxylic acids is 1. The van der Waals surface area contributed by atoms with E-state index in [-0.39, 0.29) is 24.3 Å². The molecule has 1 aliphatic rings. The molecule has 1 saturated heterocycles. The Kier molecular flexibility index (Phi) is 4.88. The van der Waals surface area contributed by atoms with Crippen molar-refractivity contribution in [3.05, 3.63) is 0 Å². The summed E-state index contributed by atoms with van der Waals surface area (Å²) in [5.41, 5.74) is -1.96. The van der Waals surface area contributed by atoms with Crippen LogP contribution in [0.3, 0.4) is 0 Å². The largest absolute Gasteiger partial charge is 0.479 e.